The molecule has 2 heteroatoms. The van der Waals surface area contributed by atoms with Gasteiger partial charge in [0.25, 0.3) is 0 Å². The third-order valence-corrected chi connectivity index (χ3v) is 3.45. The average Bonchev–Trinajstić information content (AvgIpc) is 2.02. The van der Waals surface area contributed by atoms with Crippen molar-refractivity contribution in [3.63, 3.8) is 0 Å². The normalized spacial score (nSPS) is 32.8. The molecule has 1 aliphatic carbocycles. The van der Waals surface area contributed by atoms with Crippen LogP contribution in [0.3, 0.4) is 0 Å². The Balaban J connectivity index is 2.32. The zero-order valence-corrected chi connectivity index (χ0v) is 10.2. The molecule has 1 saturated carbocycles. The van der Waals surface area contributed by atoms with Crippen LogP contribution in [-0.4, -0.2) is 18.2 Å². The molecule has 0 bridgehead atoms. The topological polar surface area (TPSA) is 35.2 Å². The lowest BCUT2D eigenvalue weighted by molar-refractivity contribution is -0.138. The first-order valence-electron chi connectivity index (χ1n) is 5.75. The molecule has 2 nitrogen and oxygen atoms in total. The summed E-state index contributed by atoms with van der Waals surface area (Å²) in [5, 5.41) is 0. The highest BCUT2D eigenvalue weighted by Crippen LogP contribution is 2.42. The van der Waals surface area contributed by atoms with Crippen molar-refractivity contribution in [1.82, 2.24) is 0 Å². The number of rotatable bonds is 4. The molecule has 0 saturated heterocycles. The van der Waals surface area contributed by atoms with Gasteiger partial charge in [0.05, 0.1) is 12.2 Å². The SMILES string of the molecule is CC(C)CC(C)OC1CC(N)C1(C)C. The summed E-state index contributed by atoms with van der Waals surface area (Å²) < 4.78 is 6.00. The summed E-state index contributed by atoms with van der Waals surface area (Å²) in [6, 6.07) is 0.318. The van der Waals surface area contributed by atoms with Crippen LogP contribution in [0.1, 0.15) is 47.5 Å². The van der Waals surface area contributed by atoms with Gasteiger partial charge in [-0.15, -0.1) is 0 Å². The molecule has 0 amide bonds. The van der Waals surface area contributed by atoms with Crippen molar-refractivity contribution in [2.24, 2.45) is 17.1 Å². The first kappa shape index (κ1) is 12.0. The van der Waals surface area contributed by atoms with Crippen molar-refractivity contribution in [2.75, 3.05) is 0 Å². The molecule has 0 heterocycles. The molecule has 14 heavy (non-hydrogen) atoms. The highest BCUT2D eigenvalue weighted by Gasteiger charge is 2.47. The molecule has 0 aromatic rings. The molecule has 84 valence electrons. The minimum atomic E-state index is 0.172. The van der Waals surface area contributed by atoms with Gasteiger partial charge in [-0.05, 0) is 25.7 Å². The van der Waals surface area contributed by atoms with Gasteiger partial charge in [-0.2, -0.15) is 0 Å². The van der Waals surface area contributed by atoms with E-state index in [0.29, 0.717) is 24.2 Å². The van der Waals surface area contributed by atoms with E-state index in [2.05, 4.69) is 34.6 Å². The molecular formula is C12H25NO. The van der Waals surface area contributed by atoms with E-state index >= 15 is 0 Å². The Hall–Kier alpha value is -0.0800. The Morgan fingerprint density at radius 3 is 2.29 bits per heavy atom. The highest BCUT2D eigenvalue weighted by molar-refractivity contribution is 5.01. The van der Waals surface area contributed by atoms with Crippen LogP contribution in [0.2, 0.25) is 0 Å². The lowest BCUT2D eigenvalue weighted by atomic mass is 9.65. The number of hydrogen-bond acceptors (Lipinski definition) is 2. The molecule has 0 aliphatic heterocycles. The van der Waals surface area contributed by atoms with Crippen LogP contribution in [0.15, 0.2) is 0 Å². The summed E-state index contributed by atoms with van der Waals surface area (Å²) in [6.45, 7) is 11.0. The maximum absolute atomic E-state index is 6.00. The van der Waals surface area contributed by atoms with Gasteiger partial charge in [0.15, 0.2) is 0 Å². The summed E-state index contributed by atoms with van der Waals surface area (Å²) in [7, 11) is 0. The van der Waals surface area contributed by atoms with Crippen molar-refractivity contribution in [3.8, 4) is 0 Å². The maximum Gasteiger partial charge on any atom is 0.0659 e. The van der Waals surface area contributed by atoms with Gasteiger partial charge in [-0.25, -0.2) is 0 Å². The van der Waals surface area contributed by atoms with Gasteiger partial charge in [0, 0.05) is 11.5 Å². The summed E-state index contributed by atoms with van der Waals surface area (Å²) >= 11 is 0. The van der Waals surface area contributed by atoms with E-state index in [9.17, 15) is 0 Å². The van der Waals surface area contributed by atoms with Crippen LogP contribution in [0.4, 0.5) is 0 Å². The van der Waals surface area contributed by atoms with E-state index in [-0.39, 0.29) is 5.41 Å². The molecule has 0 radical (unpaired) electrons. The van der Waals surface area contributed by atoms with Crippen molar-refractivity contribution >= 4 is 0 Å². The first-order chi connectivity index (χ1) is 6.34. The molecule has 1 fully saturated rings. The third-order valence-electron chi connectivity index (χ3n) is 3.45. The van der Waals surface area contributed by atoms with Crippen molar-refractivity contribution in [2.45, 2.75) is 65.7 Å². The van der Waals surface area contributed by atoms with Crippen LogP contribution in [0, 0.1) is 11.3 Å². The van der Waals surface area contributed by atoms with Crippen LogP contribution in [0.25, 0.3) is 0 Å². The van der Waals surface area contributed by atoms with E-state index in [0.717, 1.165) is 12.8 Å². The lowest BCUT2D eigenvalue weighted by Gasteiger charge is -2.50. The maximum atomic E-state index is 6.00. The predicted molar refractivity (Wildman–Crippen MR) is 60.2 cm³/mol. The molecule has 0 spiro atoms. The highest BCUT2D eigenvalue weighted by atomic mass is 16.5. The minimum absolute atomic E-state index is 0.172. The first-order valence-corrected chi connectivity index (χ1v) is 5.75. The molecule has 3 unspecified atom stereocenters. The fourth-order valence-electron chi connectivity index (χ4n) is 2.15. The largest absolute Gasteiger partial charge is 0.375 e. The van der Waals surface area contributed by atoms with Gasteiger partial charge in [0.1, 0.15) is 0 Å². The van der Waals surface area contributed by atoms with Crippen LogP contribution in [-0.2, 0) is 4.74 Å². The van der Waals surface area contributed by atoms with Crippen LogP contribution in [0.5, 0.6) is 0 Å². The van der Waals surface area contributed by atoms with Crippen molar-refractivity contribution < 1.29 is 4.74 Å². The molecular weight excluding hydrogens is 174 g/mol. The van der Waals surface area contributed by atoms with Gasteiger partial charge in [-0.1, -0.05) is 27.7 Å². The van der Waals surface area contributed by atoms with E-state index < -0.39 is 0 Å². The summed E-state index contributed by atoms with van der Waals surface area (Å²) in [4.78, 5) is 0. The van der Waals surface area contributed by atoms with Gasteiger partial charge in [-0.3, -0.25) is 0 Å². The Bertz CT molecular complexity index is 189. The monoisotopic (exact) mass is 199 g/mol. The van der Waals surface area contributed by atoms with E-state index in [1.165, 1.54) is 0 Å². The van der Waals surface area contributed by atoms with E-state index in [1.54, 1.807) is 0 Å². The van der Waals surface area contributed by atoms with E-state index in [1.807, 2.05) is 0 Å². The Morgan fingerprint density at radius 2 is 1.93 bits per heavy atom. The second-order valence-electron chi connectivity index (χ2n) is 5.73. The fraction of sp³-hybridized carbons (Fsp3) is 1.00. The standard InChI is InChI=1S/C12H25NO/c1-8(2)6-9(3)14-11-7-10(13)12(11,4)5/h8-11H,6-7,13H2,1-5H3. The van der Waals surface area contributed by atoms with Crippen LogP contribution < -0.4 is 5.73 Å². The third kappa shape index (κ3) is 2.48. The zero-order chi connectivity index (χ0) is 10.9. The number of ether oxygens (including phenoxy) is 1. The van der Waals surface area contributed by atoms with Crippen molar-refractivity contribution in [3.05, 3.63) is 0 Å². The fourth-order valence-corrected chi connectivity index (χ4v) is 2.15. The Labute approximate surface area is 88.2 Å². The zero-order valence-electron chi connectivity index (χ0n) is 10.2. The lowest BCUT2D eigenvalue weighted by Crippen LogP contribution is -2.59. The molecule has 2 N–H and O–H groups in total. The molecule has 0 aromatic carbocycles. The van der Waals surface area contributed by atoms with E-state index in [4.69, 9.17) is 10.5 Å². The molecule has 3 atom stereocenters. The average molecular weight is 199 g/mol. The quantitative estimate of drug-likeness (QED) is 0.755. The smallest absolute Gasteiger partial charge is 0.0659 e. The minimum Gasteiger partial charge on any atom is -0.375 e. The molecule has 1 aliphatic rings. The molecule has 1 rings (SSSR count). The summed E-state index contributed by atoms with van der Waals surface area (Å²) in [6.07, 6.45) is 2.90. The second-order valence-corrected chi connectivity index (χ2v) is 5.73. The summed E-state index contributed by atoms with van der Waals surface area (Å²) in [5.41, 5.74) is 6.12. The Kier molecular flexibility index (Phi) is 3.59. The number of nitrogens with two attached hydrogens (primary N) is 1. The van der Waals surface area contributed by atoms with Gasteiger partial charge >= 0.3 is 0 Å². The van der Waals surface area contributed by atoms with Crippen molar-refractivity contribution in [1.29, 1.82) is 0 Å². The molecule has 0 aromatic heterocycles. The Morgan fingerprint density at radius 1 is 1.36 bits per heavy atom. The van der Waals surface area contributed by atoms with Gasteiger partial charge in [0.2, 0.25) is 0 Å². The van der Waals surface area contributed by atoms with Gasteiger partial charge < -0.3 is 10.5 Å². The second kappa shape index (κ2) is 4.19. The predicted octanol–water partition coefficient (Wildman–Crippen LogP) is 2.56. The number of hydrogen-bond donors (Lipinski definition) is 1. The summed E-state index contributed by atoms with van der Waals surface area (Å²) in [5.74, 6) is 0.710. The van der Waals surface area contributed by atoms with Crippen LogP contribution >= 0.6 is 0 Å².